The normalized spacial score (nSPS) is 43.2. The van der Waals surface area contributed by atoms with Crippen molar-refractivity contribution in [2.75, 3.05) is 0 Å². The summed E-state index contributed by atoms with van der Waals surface area (Å²) in [5.41, 5.74) is 0. The van der Waals surface area contributed by atoms with Crippen molar-refractivity contribution >= 4 is 0 Å². The van der Waals surface area contributed by atoms with Gasteiger partial charge in [-0.3, -0.25) is 0 Å². The van der Waals surface area contributed by atoms with Crippen molar-refractivity contribution in [1.29, 1.82) is 0 Å². The monoisotopic (exact) mass is 479 g/mol. The van der Waals surface area contributed by atoms with Crippen LogP contribution in [0, 0.1) is 47.8 Å². The van der Waals surface area contributed by atoms with E-state index in [2.05, 4.69) is 32.9 Å². The van der Waals surface area contributed by atoms with E-state index in [0.717, 1.165) is 41.4 Å². The van der Waals surface area contributed by atoms with Crippen LogP contribution >= 0.6 is 0 Å². The quantitative estimate of drug-likeness (QED) is 0.314. The predicted octanol–water partition coefficient (Wildman–Crippen LogP) is 6.67. The van der Waals surface area contributed by atoms with E-state index in [-0.39, 0.29) is 65.4 Å². The van der Waals surface area contributed by atoms with Gasteiger partial charge < -0.3 is 6.42 Å². The molecule has 2 radical (unpaired) electrons. The van der Waals surface area contributed by atoms with Gasteiger partial charge in [0.2, 0.25) is 0 Å². The number of rotatable bonds is 3. The summed E-state index contributed by atoms with van der Waals surface area (Å²) in [6.07, 6.45) is 19.7. The molecule has 2 heteroatoms. The van der Waals surface area contributed by atoms with Crippen LogP contribution in [0.25, 0.3) is 0 Å². The van der Waals surface area contributed by atoms with Crippen molar-refractivity contribution in [3.05, 3.63) is 19.1 Å². The molecule has 0 aromatic carbocycles. The van der Waals surface area contributed by atoms with E-state index >= 15 is 0 Å². The molecule has 0 aromatic heterocycles. The van der Waals surface area contributed by atoms with Crippen LogP contribution in [-0.2, 0) is 65.4 Å². The zero-order chi connectivity index (χ0) is 15.5. The van der Waals surface area contributed by atoms with Gasteiger partial charge in [-0.2, -0.15) is 11.8 Å². The molecule has 0 saturated heterocycles. The Labute approximate surface area is 201 Å². The molecule has 0 bridgehead atoms. The van der Waals surface area contributed by atoms with Crippen LogP contribution in [0.2, 0.25) is 0 Å². The first-order chi connectivity index (χ1) is 10.7. The Balaban J connectivity index is 0.00000144. The second kappa shape index (κ2) is 11.7. The summed E-state index contributed by atoms with van der Waals surface area (Å²) in [5, 5.41) is 0. The second-order valence-corrected chi connectivity index (χ2v) is 8.89. The zero-order valence-corrected chi connectivity index (χ0v) is 21.8. The van der Waals surface area contributed by atoms with Gasteiger partial charge in [0.25, 0.3) is 0 Å². The van der Waals surface area contributed by atoms with Crippen molar-refractivity contribution in [2.45, 2.75) is 78.1 Å². The second-order valence-electron chi connectivity index (χ2n) is 8.89. The molecular weight excluding hydrogens is 442 g/mol. The maximum absolute atomic E-state index is 4.00. The third kappa shape index (κ3) is 6.24. The molecule has 0 aromatic rings. The molecule has 3 fully saturated rings. The molecule has 3 rings (SSSR count). The summed E-state index contributed by atoms with van der Waals surface area (Å²) >= 11 is 0. The van der Waals surface area contributed by atoms with E-state index in [1.807, 2.05) is 0 Å². The molecule has 132 valence electrons. The van der Waals surface area contributed by atoms with Crippen molar-refractivity contribution in [1.82, 2.24) is 0 Å². The molecular formula is C22H37Y2-. The fraction of sp³-hybridized carbons (Fsp3) is 0.864. The summed E-state index contributed by atoms with van der Waals surface area (Å²) in [5.74, 6) is 6.64. The summed E-state index contributed by atoms with van der Waals surface area (Å²) in [6.45, 7) is 8.97. The summed E-state index contributed by atoms with van der Waals surface area (Å²) in [4.78, 5) is 0. The molecule has 3 atom stereocenters. The average molecular weight is 479 g/mol. The maximum Gasteiger partial charge on any atom is 0 e. The maximum atomic E-state index is 4.00. The Kier molecular flexibility index (Phi) is 11.7. The first-order valence-electron chi connectivity index (χ1n) is 10.1. The Morgan fingerprint density at radius 1 is 0.750 bits per heavy atom. The number of hydrogen-bond donors (Lipinski definition) is 0. The van der Waals surface area contributed by atoms with Crippen LogP contribution in [0.1, 0.15) is 78.1 Å². The van der Waals surface area contributed by atoms with E-state index in [1.165, 1.54) is 64.2 Å². The van der Waals surface area contributed by atoms with Gasteiger partial charge >= 0.3 is 0 Å². The molecule has 0 amide bonds. The van der Waals surface area contributed by atoms with Crippen LogP contribution in [0.3, 0.4) is 0 Å². The molecule has 0 heterocycles. The number of hydrogen-bond acceptors (Lipinski definition) is 0. The van der Waals surface area contributed by atoms with E-state index in [1.54, 1.807) is 0 Å². The van der Waals surface area contributed by atoms with Crippen LogP contribution in [0.4, 0.5) is 0 Å². The van der Waals surface area contributed by atoms with Gasteiger partial charge in [-0.15, -0.1) is 6.58 Å². The minimum atomic E-state index is 0. The van der Waals surface area contributed by atoms with Gasteiger partial charge in [-0.25, -0.2) is 0 Å². The summed E-state index contributed by atoms with van der Waals surface area (Å²) < 4.78 is 0. The minimum absolute atomic E-state index is 0. The van der Waals surface area contributed by atoms with Gasteiger partial charge in [0.05, 0.1) is 0 Å². The van der Waals surface area contributed by atoms with Gasteiger partial charge in [0.1, 0.15) is 0 Å². The van der Waals surface area contributed by atoms with E-state index in [9.17, 15) is 0 Å². The first-order valence-corrected chi connectivity index (χ1v) is 10.1. The average Bonchev–Trinajstić information content (AvgIpc) is 2.56. The Morgan fingerprint density at radius 2 is 1.33 bits per heavy atom. The van der Waals surface area contributed by atoms with E-state index in [0.29, 0.717) is 0 Å². The summed E-state index contributed by atoms with van der Waals surface area (Å²) in [7, 11) is 0. The molecule has 0 N–H and O–H groups in total. The fourth-order valence-electron chi connectivity index (χ4n) is 5.86. The predicted molar refractivity (Wildman–Crippen MR) is 96.4 cm³/mol. The SMILES string of the molecule is C=CC1CCC(C2CCC(C3CCC(C)CC3)[CH-]C2C)CC1.[Y].[Y]. The Morgan fingerprint density at radius 3 is 1.88 bits per heavy atom. The Hall–Kier alpha value is 1.95. The molecule has 24 heavy (non-hydrogen) atoms. The van der Waals surface area contributed by atoms with Gasteiger partial charge in [0, 0.05) is 65.4 Å². The third-order valence-electron chi connectivity index (χ3n) is 7.48. The largest absolute Gasteiger partial charge is 0.322 e. The molecule has 3 unspecified atom stereocenters. The zero-order valence-electron chi connectivity index (χ0n) is 16.1. The van der Waals surface area contributed by atoms with E-state index < -0.39 is 0 Å². The topological polar surface area (TPSA) is 0 Å². The smallest absolute Gasteiger partial charge is 0 e. The molecule has 0 spiro atoms. The molecule has 3 saturated carbocycles. The van der Waals surface area contributed by atoms with Crippen molar-refractivity contribution in [2.24, 2.45) is 41.4 Å². The molecule has 0 aliphatic heterocycles. The van der Waals surface area contributed by atoms with Crippen LogP contribution in [0.15, 0.2) is 12.7 Å². The van der Waals surface area contributed by atoms with Gasteiger partial charge in [0.15, 0.2) is 0 Å². The standard InChI is InChI=1S/C22H37.2Y/c1-4-18-7-11-20(12-8-18)22-14-13-21(15-17(22)3)19-9-5-16(2)6-10-19;;/h4,15-22H,1,5-14H2,2-3H3;;/q-1;;. The van der Waals surface area contributed by atoms with Gasteiger partial charge in [-0.05, 0) is 43.4 Å². The van der Waals surface area contributed by atoms with Crippen LogP contribution in [-0.4, -0.2) is 0 Å². The first kappa shape index (κ1) is 24.0. The summed E-state index contributed by atoms with van der Waals surface area (Å²) in [6, 6.07) is 0. The molecule has 0 nitrogen and oxygen atoms in total. The molecule has 3 aliphatic carbocycles. The number of allylic oxidation sites excluding steroid dienone is 1. The van der Waals surface area contributed by atoms with Crippen molar-refractivity contribution in [3.63, 3.8) is 0 Å². The van der Waals surface area contributed by atoms with Crippen molar-refractivity contribution < 1.29 is 65.4 Å². The third-order valence-corrected chi connectivity index (χ3v) is 7.48. The molecule has 3 aliphatic rings. The van der Waals surface area contributed by atoms with Crippen molar-refractivity contribution in [3.8, 4) is 0 Å². The minimum Gasteiger partial charge on any atom is -0.322 e. The fourth-order valence-corrected chi connectivity index (χ4v) is 5.86. The van der Waals surface area contributed by atoms with Crippen LogP contribution in [0.5, 0.6) is 0 Å². The van der Waals surface area contributed by atoms with Crippen LogP contribution < -0.4 is 0 Å². The van der Waals surface area contributed by atoms with E-state index in [4.69, 9.17) is 0 Å². The van der Waals surface area contributed by atoms with Gasteiger partial charge in [-0.1, -0.05) is 70.3 Å². The Bertz CT molecular complexity index is 351.